The van der Waals surface area contributed by atoms with Crippen LogP contribution < -0.4 is 0 Å². The van der Waals surface area contributed by atoms with E-state index in [-0.39, 0.29) is 11.9 Å². The van der Waals surface area contributed by atoms with E-state index in [0.29, 0.717) is 5.41 Å². The molecule has 1 saturated heterocycles. The normalized spacial score (nSPS) is 30.5. The number of rotatable bonds is 9. The van der Waals surface area contributed by atoms with Crippen molar-refractivity contribution >= 4 is 0 Å². The number of nitrogens with zero attached hydrogens (tertiary/aromatic N) is 1. The number of hydrogen-bond acceptors (Lipinski definition) is 3. The van der Waals surface area contributed by atoms with Crippen LogP contribution in [-0.4, -0.2) is 43.0 Å². The molecular weight excluding hydrogens is 310 g/mol. The molecule has 146 valence electrons. The third kappa shape index (κ3) is 5.30. The Bertz CT molecular complexity index is 410. The molecule has 0 aromatic heterocycles. The smallest absolute Gasteiger partial charge is 0.168 e. The molecule has 1 aliphatic heterocycles. The van der Waals surface area contributed by atoms with Gasteiger partial charge in [0.25, 0.3) is 0 Å². The van der Waals surface area contributed by atoms with Crippen LogP contribution in [0.2, 0.25) is 0 Å². The van der Waals surface area contributed by atoms with E-state index in [1.54, 1.807) is 0 Å². The summed E-state index contributed by atoms with van der Waals surface area (Å²) in [7, 11) is 0. The topological polar surface area (TPSA) is 21.7 Å². The number of hydrogen-bond donors (Lipinski definition) is 0. The summed E-state index contributed by atoms with van der Waals surface area (Å²) in [5.74, 6) is 1.23. The summed E-state index contributed by atoms with van der Waals surface area (Å²) in [6, 6.07) is 0. The molecule has 0 amide bonds. The van der Waals surface area contributed by atoms with Gasteiger partial charge in [0.05, 0.1) is 12.7 Å². The van der Waals surface area contributed by atoms with Crippen molar-refractivity contribution < 1.29 is 9.47 Å². The second-order valence-electron chi connectivity index (χ2n) is 9.09. The van der Waals surface area contributed by atoms with Crippen molar-refractivity contribution in [3.05, 3.63) is 12.7 Å². The molecule has 2 rings (SSSR count). The molecule has 0 radical (unpaired) electrons. The molecule has 3 nitrogen and oxygen atoms in total. The van der Waals surface area contributed by atoms with Gasteiger partial charge in [-0.15, -0.1) is 6.58 Å². The van der Waals surface area contributed by atoms with Crippen LogP contribution in [-0.2, 0) is 9.47 Å². The fraction of sp³-hybridized carbons (Fsp3) is 0.909. The highest BCUT2D eigenvalue weighted by Crippen LogP contribution is 2.48. The minimum absolute atomic E-state index is 0.263. The summed E-state index contributed by atoms with van der Waals surface area (Å²) in [5.41, 5.74) is 0.408. The molecule has 3 heteroatoms. The molecule has 0 aromatic rings. The molecule has 1 saturated carbocycles. The molecule has 25 heavy (non-hydrogen) atoms. The van der Waals surface area contributed by atoms with E-state index in [0.717, 1.165) is 57.3 Å². The zero-order valence-corrected chi connectivity index (χ0v) is 17.4. The van der Waals surface area contributed by atoms with E-state index in [9.17, 15) is 0 Å². The van der Waals surface area contributed by atoms with Crippen molar-refractivity contribution in [2.75, 3.05) is 26.2 Å². The van der Waals surface area contributed by atoms with Crippen LogP contribution in [0.1, 0.15) is 73.1 Å². The first kappa shape index (κ1) is 20.9. The summed E-state index contributed by atoms with van der Waals surface area (Å²) < 4.78 is 12.7. The molecule has 1 unspecified atom stereocenters. The van der Waals surface area contributed by atoms with Gasteiger partial charge in [-0.1, -0.05) is 40.7 Å². The predicted octanol–water partition coefficient (Wildman–Crippen LogP) is 5.26. The van der Waals surface area contributed by atoms with Crippen LogP contribution in [0.4, 0.5) is 0 Å². The van der Waals surface area contributed by atoms with Crippen LogP contribution in [0.3, 0.4) is 0 Å². The molecule has 0 aromatic carbocycles. The lowest BCUT2D eigenvalue weighted by Gasteiger charge is -2.44. The third-order valence-electron chi connectivity index (χ3n) is 6.90. The maximum atomic E-state index is 6.44. The Morgan fingerprint density at radius 1 is 1.24 bits per heavy atom. The predicted molar refractivity (Wildman–Crippen MR) is 106 cm³/mol. The fourth-order valence-electron chi connectivity index (χ4n) is 4.41. The van der Waals surface area contributed by atoms with Crippen LogP contribution >= 0.6 is 0 Å². The molecule has 2 fully saturated rings. The number of ether oxygens (including phenoxy) is 2. The highest BCUT2D eigenvalue weighted by molar-refractivity contribution is 4.91. The zero-order valence-electron chi connectivity index (χ0n) is 17.4. The van der Waals surface area contributed by atoms with Crippen LogP contribution in [0.5, 0.6) is 0 Å². The van der Waals surface area contributed by atoms with Crippen molar-refractivity contribution in [3.8, 4) is 0 Å². The Kier molecular flexibility index (Phi) is 7.54. The Morgan fingerprint density at radius 2 is 1.92 bits per heavy atom. The average molecular weight is 352 g/mol. The van der Waals surface area contributed by atoms with Crippen LogP contribution in [0.15, 0.2) is 12.7 Å². The summed E-state index contributed by atoms with van der Waals surface area (Å²) in [5, 5.41) is 0. The van der Waals surface area contributed by atoms with Crippen LogP contribution in [0, 0.1) is 17.3 Å². The first-order valence-corrected chi connectivity index (χ1v) is 10.5. The minimum atomic E-state index is -0.276. The lowest BCUT2D eigenvalue weighted by atomic mass is 9.64. The largest absolute Gasteiger partial charge is 0.347 e. The van der Waals surface area contributed by atoms with Gasteiger partial charge in [-0.25, -0.2) is 0 Å². The second kappa shape index (κ2) is 9.01. The van der Waals surface area contributed by atoms with Crippen molar-refractivity contribution in [1.82, 2.24) is 4.90 Å². The maximum Gasteiger partial charge on any atom is 0.168 e. The van der Waals surface area contributed by atoms with Gasteiger partial charge in [0.15, 0.2) is 5.79 Å². The SMILES string of the molecule is C=CCN(CCC)CCC1COC2(CCC(C(C)(C)C(C)C)CC2)O1. The summed E-state index contributed by atoms with van der Waals surface area (Å²) in [6.07, 6.45) is 9.11. The Hall–Kier alpha value is -0.380. The van der Waals surface area contributed by atoms with Crippen molar-refractivity contribution in [2.24, 2.45) is 17.3 Å². The van der Waals surface area contributed by atoms with Crippen molar-refractivity contribution in [1.29, 1.82) is 0 Å². The first-order valence-electron chi connectivity index (χ1n) is 10.5. The van der Waals surface area contributed by atoms with Gasteiger partial charge in [0.2, 0.25) is 0 Å². The van der Waals surface area contributed by atoms with Gasteiger partial charge in [-0.2, -0.15) is 0 Å². The Labute approximate surface area is 156 Å². The molecule has 2 aliphatic rings. The molecule has 1 aliphatic carbocycles. The Morgan fingerprint density at radius 3 is 2.48 bits per heavy atom. The minimum Gasteiger partial charge on any atom is -0.347 e. The van der Waals surface area contributed by atoms with Gasteiger partial charge >= 0.3 is 0 Å². The molecular formula is C22H41NO2. The standard InChI is InChI=1S/C22H41NO2/c1-7-14-23(15-8-2)16-11-20-17-24-22(25-20)12-9-19(10-13-22)21(5,6)18(3)4/h7,18-20H,1,8-17H2,2-6H3. The van der Waals surface area contributed by atoms with Crippen LogP contribution in [0.25, 0.3) is 0 Å². The second-order valence-corrected chi connectivity index (χ2v) is 9.09. The van der Waals surface area contributed by atoms with Crippen molar-refractivity contribution in [2.45, 2.75) is 85.0 Å². The molecule has 0 N–H and O–H groups in total. The van der Waals surface area contributed by atoms with E-state index in [1.807, 2.05) is 6.08 Å². The van der Waals surface area contributed by atoms with E-state index >= 15 is 0 Å². The fourth-order valence-corrected chi connectivity index (χ4v) is 4.41. The monoisotopic (exact) mass is 351 g/mol. The molecule has 0 bridgehead atoms. The molecule has 1 heterocycles. The van der Waals surface area contributed by atoms with Gasteiger partial charge in [0.1, 0.15) is 0 Å². The third-order valence-corrected chi connectivity index (χ3v) is 6.90. The van der Waals surface area contributed by atoms with Gasteiger partial charge < -0.3 is 9.47 Å². The van der Waals surface area contributed by atoms with Crippen molar-refractivity contribution in [3.63, 3.8) is 0 Å². The summed E-state index contributed by atoms with van der Waals surface area (Å²) >= 11 is 0. The molecule has 1 spiro atoms. The average Bonchev–Trinajstić information content (AvgIpc) is 2.96. The van der Waals surface area contributed by atoms with Gasteiger partial charge in [0, 0.05) is 25.9 Å². The highest BCUT2D eigenvalue weighted by Gasteiger charge is 2.46. The zero-order chi connectivity index (χ0) is 18.5. The lowest BCUT2D eigenvalue weighted by Crippen LogP contribution is -2.41. The van der Waals surface area contributed by atoms with E-state index in [4.69, 9.17) is 9.47 Å². The van der Waals surface area contributed by atoms with E-state index in [1.165, 1.54) is 19.3 Å². The van der Waals surface area contributed by atoms with Gasteiger partial charge in [-0.3, -0.25) is 4.90 Å². The molecule has 1 atom stereocenters. The van der Waals surface area contributed by atoms with Gasteiger partial charge in [-0.05, 0) is 49.5 Å². The Balaban J connectivity index is 1.80. The maximum absolute atomic E-state index is 6.44. The first-order chi connectivity index (χ1) is 11.8. The quantitative estimate of drug-likeness (QED) is 0.529. The lowest BCUT2D eigenvalue weighted by molar-refractivity contribution is -0.198. The van der Waals surface area contributed by atoms with E-state index in [2.05, 4.69) is 46.1 Å². The highest BCUT2D eigenvalue weighted by atomic mass is 16.7. The van der Waals surface area contributed by atoms with E-state index < -0.39 is 0 Å². The summed E-state index contributed by atoms with van der Waals surface area (Å²) in [6.45, 7) is 19.6. The summed E-state index contributed by atoms with van der Waals surface area (Å²) in [4.78, 5) is 2.46.